The number of carbonyl (C=O) groups excluding carboxylic acids is 1. The molecular weight excluding hydrogens is 324 g/mol. The number of hydrogen-bond donors (Lipinski definition) is 2. The number of benzene rings is 2. The van der Waals surface area contributed by atoms with Crippen LogP contribution in [0.5, 0.6) is 0 Å². The van der Waals surface area contributed by atoms with Gasteiger partial charge in [0.05, 0.1) is 12.2 Å². The van der Waals surface area contributed by atoms with Crippen LogP contribution < -0.4 is 0 Å². The highest BCUT2D eigenvalue weighted by Gasteiger charge is 2.39. The molecule has 2 N–H and O–H groups in total. The van der Waals surface area contributed by atoms with E-state index in [-0.39, 0.29) is 24.0 Å². The van der Waals surface area contributed by atoms with Crippen LogP contribution in [0.15, 0.2) is 72.8 Å². The Kier molecular flexibility index (Phi) is 6.37. The monoisotopic (exact) mass is 350 g/mol. The number of hydrogen-bond acceptors (Lipinski definition) is 3. The molecular formula is C23H26O3. The Morgan fingerprint density at radius 3 is 2.38 bits per heavy atom. The third kappa shape index (κ3) is 4.69. The average molecular weight is 350 g/mol. The summed E-state index contributed by atoms with van der Waals surface area (Å²) in [4.78, 5) is 12.3. The van der Waals surface area contributed by atoms with Gasteiger partial charge in [-0.05, 0) is 30.4 Å². The zero-order valence-corrected chi connectivity index (χ0v) is 14.9. The van der Waals surface area contributed by atoms with E-state index in [1.54, 1.807) is 0 Å². The van der Waals surface area contributed by atoms with Crippen LogP contribution in [0.3, 0.4) is 0 Å². The van der Waals surface area contributed by atoms with Gasteiger partial charge in [-0.15, -0.1) is 0 Å². The molecule has 3 nitrogen and oxygen atoms in total. The summed E-state index contributed by atoms with van der Waals surface area (Å²) < 4.78 is 0. The van der Waals surface area contributed by atoms with E-state index in [9.17, 15) is 15.0 Å². The van der Waals surface area contributed by atoms with Gasteiger partial charge in [0.2, 0.25) is 0 Å². The molecule has 0 spiro atoms. The fraction of sp³-hybridized carbons (Fsp3) is 0.348. The molecule has 1 saturated carbocycles. The van der Waals surface area contributed by atoms with Crippen LogP contribution in [-0.2, 0) is 11.2 Å². The number of aliphatic hydroxyl groups excluding tert-OH is 2. The normalized spacial score (nSPS) is 24.2. The highest BCUT2D eigenvalue weighted by molar-refractivity contribution is 5.85. The van der Waals surface area contributed by atoms with E-state index in [0.717, 1.165) is 11.1 Å². The molecule has 3 heteroatoms. The molecule has 1 aliphatic carbocycles. The lowest BCUT2D eigenvalue weighted by Crippen LogP contribution is -2.20. The lowest BCUT2D eigenvalue weighted by atomic mass is 9.88. The molecule has 26 heavy (non-hydrogen) atoms. The molecule has 1 unspecified atom stereocenters. The van der Waals surface area contributed by atoms with Crippen molar-refractivity contribution in [3.05, 3.63) is 83.9 Å². The summed E-state index contributed by atoms with van der Waals surface area (Å²) in [7, 11) is 0. The zero-order valence-electron chi connectivity index (χ0n) is 14.9. The molecule has 0 radical (unpaired) electrons. The SMILES string of the molecule is O=C1C[C@H](O)[C@H](/C=C/CCC(O)c2ccccc2)[C@H]1Cc1ccccc1. The molecule has 3 rings (SSSR count). The Labute approximate surface area is 155 Å². The first kappa shape index (κ1) is 18.6. The summed E-state index contributed by atoms with van der Waals surface area (Å²) in [6.07, 6.45) is 5.11. The minimum atomic E-state index is -0.605. The molecule has 1 aliphatic rings. The standard InChI is InChI=1S/C23H26O3/c24-21(18-11-5-2-6-12-18)14-8-7-13-19-20(23(26)16-22(19)25)15-17-9-3-1-4-10-17/h1-7,9-13,19-22,24-25H,8,14-16H2/b13-7+/t19-,20-,21?,22+/m1/s1. The molecule has 2 aromatic carbocycles. The van der Waals surface area contributed by atoms with Crippen molar-refractivity contribution in [3.63, 3.8) is 0 Å². The minimum Gasteiger partial charge on any atom is -0.392 e. The number of carbonyl (C=O) groups is 1. The summed E-state index contributed by atoms with van der Waals surface area (Å²) in [5.74, 6) is -0.167. The van der Waals surface area contributed by atoms with Crippen LogP contribution in [0.2, 0.25) is 0 Å². The van der Waals surface area contributed by atoms with Crippen molar-refractivity contribution in [2.24, 2.45) is 11.8 Å². The van der Waals surface area contributed by atoms with Gasteiger partial charge in [0.15, 0.2) is 0 Å². The molecule has 0 bridgehead atoms. The Bertz CT molecular complexity index is 724. The molecule has 4 atom stereocenters. The molecule has 2 aromatic rings. The maximum absolute atomic E-state index is 12.3. The number of allylic oxidation sites excluding steroid dienone is 1. The maximum atomic E-state index is 12.3. The van der Waals surface area contributed by atoms with Crippen molar-refractivity contribution >= 4 is 5.78 Å². The van der Waals surface area contributed by atoms with Crippen molar-refractivity contribution in [2.75, 3.05) is 0 Å². The van der Waals surface area contributed by atoms with Gasteiger partial charge in [-0.2, -0.15) is 0 Å². The van der Waals surface area contributed by atoms with Gasteiger partial charge < -0.3 is 10.2 Å². The first-order chi connectivity index (χ1) is 12.6. The second-order valence-corrected chi connectivity index (χ2v) is 7.04. The van der Waals surface area contributed by atoms with E-state index in [0.29, 0.717) is 19.3 Å². The summed E-state index contributed by atoms with van der Waals surface area (Å²) in [5, 5.41) is 20.5. The summed E-state index contributed by atoms with van der Waals surface area (Å²) in [5.41, 5.74) is 2.04. The van der Waals surface area contributed by atoms with Gasteiger partial charge >= 0.3 is 0 Å². The fourth-order valence-electron chi connectivity index (χ4n) is 3.71. The molecule has 0 aromatic heterocycles. The van der Waals surface area contributed by atoms with Gasteiger partial charge in [-0.3, -0.25) is 4.79 Å². The number of Topliss-reactive ketones (excluding diaryl/α,β-unsaturated/α-hetero) is 1. The lowest BCUT2D eigenvalue weighted by molar-refractivity contribution is -0.121. The number of aliphatic hydroxyl groups is 2. The van der Waals surface area contributed by atoms with Crippen molar-refractivity contribution in [1.82, 2.24) is 0 Å². The third-order valence-electron chi connectivity index (χ3n) is 5.18. The largest absolute Gasteiger partial charge is 0.392 e. The topological polar surface area (TPSA) is 57.5 Å². The molecule has 0 amide bonds. The van der Waals surface area contributed by atoms with Crippen LogP contribution in [-0.4, -0.2) is 22.1 Å². The van der Waals surface area contributed by atoms with E-state index in [2.05, 4.69) is 0 Å². The van der Waals surface area contributed by atoms with Crippen molar-refractivity contribution in [2.45, 2.75) is 37.9 Å². The second-order valence-electron chi connectivity index (χ2n) is 7.04. The molecule has 136 valence electrons. The highest BCUT2D eigenvalue weighted by Crippen LogP contribution is 2.33. The Balaban J connectivity index is 1.57. The van der Waals surface area contributed by atoms with Crippen molar-refractivity contribution in [3.8, 4) is 0 Å². The predicted octanol–water partition coefficient (Wildman–Crippen LogP) is 3.87. The Hall–Kier alpha value is -2.23. The first-order valence-corrected chi connectivity index (χ1v) is 9.29. The van der Waals surface area contributed by atoms with Gasteiger partial charge in [-0.1, -0.05) is 72.8 Å². The predicted molar refractivity (Wildman–Crippen MR) is 103 cm³/mol. The van der Waals surface area contributed by atoms with Crippen LogP contribution in [0.4, 0.5) is 0 Å². The van der Waals surface area contributed by atoms with Gasteiger partial charge in [0.1, 0.15) is 5.78 Å². The molecule has 1 fully saturated rings. The molecule has 0 aliphatic heterocycles. The average Bonchev–Trinajstić information content (AvgIpc) is 2.93. The smallest absolute Gasteiger partial charge is 0.139 e. The van der Waals surface area contributed by atoms with E-state index in [1.807, 2.05) is 72.8 Å². The molecule has 0 heterocycles. The van der Waals surface area contributed by atoms with E-state index < -0.39 is 12.2 Å². The quantitative estimate of drug-likeness (QED) is 0.746. The summed E-state index contributed by atoms with van der Waals surface area (Å²) in [6.45, 7) is 0. The van der Waals surface area contributed by atoms with Crippen LogP contribution in [0, 0.1) is 11.8 Å². The van der Waals surface area contributed by atoms with Crippen LogP contribution in [0.25, 0.3) is 0 Å². The Morgan fingerprint density at radius 1 is 1.04 bits per heavy atom. The first-order valence-electron chi connectivity index (χ1n) is 9.29. The van der Waals surface area contributed by atoms with Gasteiger partial charge in [0.25, 0.3) is 0 Å². The van der Waals surface area contributed by atoms with Gasteiger partial charge in [-0.25, -0.2) is 0 Å². The number of ketones is 1. The van der Waals surface area contributed by atoms with Crippen molar-refractivity contribution < 1.29 is 15.0 Å². The maximum Gasteiger partial charge on any atom is 0.139 e. The lowest BCUT2D eigenvalue weighted by Gasteiger charge is -2.17. The molecule has 0 saturated heterocycles. The Morgan fingerprint density at radius 2 is 1.69 bits per heavy atom. The van der Waals surface area contributed by atoms with Crippen LogP contribution in [0.1, 0.15) is 36.5 Å². The fourth-order valence-corrected chi connectivity index (χ4v) is 3.71. The van der Waals surface area contributed by atoms with Crippen LogP contribution >= 0.6 is 0 Å². The van der Waals surface area contributed by atoms with Crippen molar-refractivity contribution in [1.29, 1.82) is 0 Å². The third-order valence-corrected chi connectivity index (χ3v) is 5.18. The van der Waals surface area contributed by atoms with E-state index >= 15 is 0 Å². The van der Waals surface area contributed by atoms with E-state index in [4.69, 9.17) is 0 Å². The highest BCUT2D eigenvalue weighted by atomic mass is 16.3. The summed E-state index contributed by atoms with van der Waals surface area (Å²) in [6, 6.07) is 19.6. The minimum absolute atomic E-state index is 0.139. The zero-order chi connectivity index (χ0) is 18.4. The summed E-state index contributed by atoms with van der Waals surface area (Å²) >= 11 is 0. The number of rotatable bonds is 7. The second kappa shape index (κ2) is 8.93. The van der Waals surface area contributed by atoms with E-state index in [1.165, 1.54) is 0 Å². The van der Waals surface area contributed by atoms with Gasteiger partial charge in [0, 0.05) is 18.3 Å².